The van der Waals surface area contributed by atoms with Crippen molar-refractivity contribution >= 4 is 17.7 Å². The Hall–Kier alpha value is -1.95. The van der Waals surface area contributed by atoms with Crippen molar-refractivity contribution in [3.8, 4) is 0 Å². The highest BCUT2D eigenvalue weighted by atomic mass is 32.2. The van der Waals surface area contributed by atoms with Gasteiger partial charge in [-0.25, -0.2) is 14.4 Å². The van der Waals surface area contributed by atoms with Gasteiger partial charge in [0.2, 0.25) is 0 Å². The second-order valence-electron chi connectivity index (χ2n) is 4.38. The fourth-order valence-corrected chi connectivity index (χ4v) is 2.20. The van der Waals surface area contributed by atoms with Crippen molar-refractivity contribution in [3.63, 3.8) is 0 Å². The van der Waals surface area contributed by atoms with E-state index in [2.05, 4.69) is 15.3 Å². The summed E-state index contributed by atoms with van der Waals surface area (Å²) >= 11 is 1.44. The topological polar surface area (TPSA) is 54.9 Å². The van der Waals surface area contributed by atoms with Crippen molar-refractivity contribution in [3.05, 3.63) is 53.1 Å². The number of carbonyl (C=O) groups is 1. The quantitative estimate of drug-likeness (QED) is 0.682. The second kappa shape index (κ2) is 7.17. The number of hydrogen-bond acceptors (Lipinski definition) is 4. The molecule has 0 saturated carbocycles. The normalized spacial score (nSPS) is 10.4. The van der Waals surface area contributed by atoms with E-state index < -0.39 is 0 Å². The van der Waals surface area contributed by atoms with Gasteiger partial charge in [0, 0.05) is 12.7 Å². The molecule has 0 fully saturated rings. The molecule has 0 atom stereocenters. The number of carbonyl (C=O) groups excluding carboxylic acids is 1. The summed E-state index contributed by atoms with van der Waals surface area (Å²) in [5.41, 5.74) is 2.05. The summed E-state index contributed by atoms with van der Waals surface area (Å²) < 4.78 is 12.8. The second-order valence-corrected chi connectivity index (χ2v) is 5.15. The van der Waals surface area contributed by atoms with Gasteiger partial charge in [-0.1, -0.05) is 30.8 Å². The van der Waals surface area contributed by atoms with Gasteiger partial charge < -0.3 is 5.32 Å². The minimum absolute atomic E-state index is 0.219. The van der Waals surface area contributed by atoms with Gasteiger partial charge in [-0.2, -0.15) is 0 Å². The molecule has 1 amide bonds. The largest absolute Gasteiger partial charge is 0.348 e. The van der Waals surface area contributed by atoms with Crippen molar-refractivity contribution < 1.29 is 9.18 Å². The maximum Gasteiger partial charge on any atom is 0.254 e. The van der Waals surface area contributed by atoms with Crippen LogP contribution in [-0.2, 0) is 13.0 Å². The van der Waals surface area contributed by atoms with Crippen LogP contribution in [0.2, 0.25) is 0 Å². The number of nitrogens with one attached hydrogen (secondary N) is 1. The number of thioether (sulfide) groups is 1. The number of nitrogens with zero attached hydrogens (tertiary/aromatic N) is 2. The molecule has 6 heteroatoms. The van der Waals surface area contributed by atoms with E-state index in [0.717, 1.165) is 11.3 Å². The monoisotopic (exact) mass is 305 g/mol. The van der Waals surface area contributed by atoms with Crippen molar-refractivity contribution in [2.75, 3.05) is 6.26 Å². The Bertz CT molecular complexity index is 631. The van der Waals surface area contributed by atoms with E-state index in [1.54, 1.807) is 18.3 Å². The summed E-state index contributed by atoms with van der Waals surface area (Å²) in [6, 6.07) is 6.03. The standard InChI is InChI=1S/C15H16FN3OS/c1-3-13-12(9-18-15(19-13)21-2)14(20)17-8-10-4-6-11(16)7-5-10/h4-7,9H,3,8H2,1-2H3,(H,17,20). The van der Waals surface area contributed by atoms with Crippen molar-refractivity contribution in [2.45, 2.75) is 25.0 Å². The van der Waals surface area contributed by atoms with Crippen molar-refractivity contribution in [1.29, 1.82) is 0 Å². The number of benzene rings is 1. The van der Waals surface area contributed by atoms with E-state index in [0.29, 0.717) is 23.7 Å². The van der Waals surface area contributed by atoms with Crippen LogP contribution in [0.1, 0.15) is 28.5 Å². The number of rotatable bonds is 5. The molecular weight excluding hydrogens is 289 g/mol. The summed E-state index contributed by atoms with van der Waals surface area (Å²) in [5.74, 6) is -0.511. The maximum atomic E-state index is 12.8. The number of halogens is 1. The first kappa shape index (κ1) is 15.4. The van der Waals surface area contributed by atoms with Gasteiger partial charge in [-0.05, 0) is 30.4 Å². The van der Waals surface area contributed by atoms with Crippen molar-refractivity contribution in [1.82, 2.24) is 15.3 Å². The van der Waals surface area contributed by atoms with E-state index in [4.69, 9.17) is 0 Å². The van der Waals surface area contributed by atoms with Crippen LogP contribution in [0, 0.1) is 5.82 Å². The first-order chi connectivity index (χ1) is 10.1. The number of hydrogen-bond donors (Lipinski definition) is 1. The van der Waals surface area contributed by atoms with Crippen LogP contribution in [0.5, 0.6) is 0 Å². The highest BCUT2D eigenvalue weighted by molar-refractivity contribution is 7.98. The minimum Gasteiger partial charge on any atom is -0.348 e. The van der Waals surface area contributed by atoms with Crippen molar-refractivity contribution in [2.24, 2.45) is 0 Å². The molecule has 0 unspecified atom stereocenters. The lowest BCUT2D eigenvalue weighted by Gasteiger charge is -2.09. The summed E-state index contributed by atoms with van der Waals surface area (Å²) in [6.07, 6.45) is 4.11. The third-order valence-corrected chi connectivity index (χ3v) is 3.54. The van der Waals surface area contributed by atoms with Crippen LogP contribution in [-0.4, -0.2) is 22.1 Å². The third-order valence-electron chi connectivity index (χ3n) is 2.97. The molecule has 0 radical (unpaired) electrons. The van der Waals surface area contributed by atoms with Gasteiger partial charge in [-0.3, -0.25) is 4.79 Å². The zero-order valence-corrected chi connectivity index (χ0v) is 12.7. The SMILES string of the molecule is CCc1nc(SC)ncc1C(=O)NCc1ccc(F)cc1. The Morgan fingerprint density at radius 2 is 2.05 bits per heavy atom. The summed E-state index contributed by atoms with van der Waals surface area (Å²) in [5, 5.41) is 3.45. The van der Waals surface area contributed by atoms with Crippen LogP contribution in [0.4, 0.5) is 4.39 Å². The maximum absolute atomic E-state index is 12.8. The van der Waals surface area contributed by atoms with Crippen LogP contribution in [0.15, 0.2) is 35.6 Å². The number of aromatic nitrogens is 2. The van der Waals surface area contributed by atoms with Gasteiger partial charge in [0.05, 0.1) is 11.3 Å². The molecule has 4 nitrogen and oxygen atoms in total. The van der Waals surface area contributed by atoms with Crippen LogP contribution >= 0.6 is 11.8 Å². The zero-order valence-electron chi connectivity index (χ0n) is 11.9. The lowest BCUT2D eigenvalue weighted by molar-refractivity contribution is 0.0949. The molecule has 1 N–H and O–H groups in total. The summed E-state index contributed by atoms with van der Waals surface area (Å²) in [6.45, 7) is 2.29. The smallest absolute Gasteiger partial charge is 0.254 e. The number of amides is 1. The average Bonchev–Trinajstić information content (AvgIpc) is 2.53. The predicted octanol–water partition coefficient (Wildman–Crippen LogP) is 2.83. The van der Waals surface area contributed by atoms with Gasteiger partial charge >= 0.3 is 0 Å². The lowest BCUT2D eigenvalue weighted by atomic mass is 10.1. The van der Waals surface area contributed by atoms with Crippen LogP contribution < -0.4 is 5.32 Å². The highest BCUT2D eigenvalue weighted by Crippen LogP contribution is 2.13. The van der Waals surface area contributed by atoms with Crippen LogP contribution in [0.25, 0.3) is 0 Å². The van der Waals surface area contributed by atoms with Gasteiger partial charge in [-0.15, -0.1) is 0 Å². The molecule has 21 heavy (non-hydrogen) atoms. The molecule has 110 valence electrons. The fraction of sp³-hybridized carbons (Fsp3) is 0.267. The van der Waals surface area contributed by atoms with Crippen LogP contribution in [0.3, 0.4) is 0 Å². The molecule has 2 aromatic rings. The number of aryl methyl sites for hydroxylation is 1. The lowest BCUT2D eigenvalue weighted by Crippen LogP contribution is -2.24. The zero-order chi connectivity index (χ0) is 15.2. The molecule has 1 aromatic heterocycles. The Morgan fingerprint density at radius 3 is 2.67 bits per heavy atom. The molecule has 0 aliphatic heterocycles. The Labute approximate surface area is 127 Å². The van der Waals surface area contributed by atoms with Gasteiger partial charge in [0.15, 0.2) is 5.16 Å². The first-order valence-electron chi connectivity index (χ1n) is 6.56. The molecular formula is C15H16FN3OS. The summed E-state index contributed by atoms with van der Waals surface area (Å²) in [4.78, 5) is 20.7. The van der Waals surface area contributed by atoms with Gasteiger partial charge in [0.1, 0.15) is 5.82 Å². The van der Waals surface area contributed by atoms with E-state index in [1.807, 2.05) is 13.2 Å². The van der Waals surface area contributed by atoms with E-state index in [9.17, 15) is 9.18 Å². The van der Waals surface area contributed by atoms with E-state index in [1.165, 1.54) is 23.9 Å². The molecule has 0 spiro atoms. The fourth-order valence-electron chi connectivity index (χ4n) is 1.84. The molecule has 1 heterocycles. The molecule has 0 aliphatic rings. The summed E-state index contributed by atoms with van der Waals surface area (Å²) in [7, 11) is 0. The Morgan fingerprint density at radius 1 is 1.33 bits per heavy atom. The molecule has 0 aliphatic carbocycles. The van der Waals surface area contributed by atoms with E-state index in [-0.39, 0.29) is 11.7 Å². The average molecular weight is 305 g/mol. The Kier molecular flexibility index (Phi) is 5.27. The minimum atomic E-state index is -0.292. The Balaban J connectivity index is 2.07. The predicted molar refractivity (Wildman–Crippen MR) is 80.8 cm³/mol. The highest BCUT2D eigenvalue weighted by Gasteiger charge is 2.13. The van der Waals surface area contributed by atoms with Gasteiger partial charge in [0.25, 0.3) is 5.91 Å². The third kappa shape index (κ3) is 4.01. The first-order valence-corrected chi connectivity index (χ1v) is 7.79. The molecule has 0 bridgehead atoms. The molecule has 0 saturated heterocycles. The van der Waals surface area contributed by atoms with E-state index >= 15 is 0 Å². The molecule has 1 aromatic carbocycles. The molecule has 2 rings (SSSR count).